The van der Waals surface area contributed by atoms with Crippen LogP contribution < -0.4 is 15.5 Å². The molecule has 1 aliphatic heterocycles. The first kappa shape index (κ1) is 28.2. The summed E-state index contributed by atoms with van der Waals surface area (Å²) in [6, 6.07) is 8.33. The van der Waals surface area contributed by atoms with Crippen LogP contribution in [-0.2, 0) is 11.3 Å². The van der Waals surface area contributed by atoms with Gasteiger partial charge in [-0.3, -0.25) is 4.79 Å². The Labute approximate surface area is 255 Å². The summed E-state index contributed by atoms with van der Waals surface area (Å²) in [7, 11) is 3.91. The lowest BCUT2D eigenvalue weighted by molar-refractivity contribution is 0.0599. The van der Waals surface area contributed by atoms with E-state index in [1.807, 2.05) is 36.9 Å². The number of aromatic nitrogens is 6. The highest BCUT2D eigenvalue weighted by Crippen LogP contribution is 2.30. The van der Waals surface area contributed by atoms with Crippen molar-refractivity contribution in [2.75, 3.05) is 50.6 Å². The normalized spacial score (nSPS) is 19.5. The van der Waals surface area contributed by atoms with Crippen LogP contribution in [0.4, 0.5) is 11.8 Å². The Morgan fingerprint density at radius 3 is 2.66 bits per heavy atom. The molecule has 5 aromatic heterocycles. The molecule has 2 fully saturated rings. The topological polar surface area (TPSA) is 129 Å². The molecule has 2 aliphatic rings. The summed E-state index contributed by atoms with van der Waals surface area (Å²) >= 11 is 0. The van der Waals surface area contributed by atoms with E-state index in [2.05, 4.69) is 59.7 Å². The smallest absolute Gasteiger partial charge is 0.255 e. The van der Waals surface area contributed by atoms with Crippen molar-refractivity contribution in [2.24, 2.45) is 0 Å². The summed E-state index contributed by atoms with van der Waals surface area (Å²) in [5.74, 6) is 1.46. The van der Waals surface area contributed by atoms with Gasteiger partial charge in [0.1, 0.15) is 11.5 Å². The molecule has 228 valence electrons. The SMILES string of the molecule is CO[C@H]1CC[C@H](NC(=O)c2cnn3ccc(-c4c[nH]c5nc(NCc6ccc(N7CCN(C)CC7)nc6)ncc45)cc23)CC1. The number of aromatic amines is 1. The molecule has 0 bridgehead atoms. The van der Waals surface area contributed by atoms with E-state index in [0.29, 0.717) is 18.1 Å². The van der Waals surface area contributed by atoms with Crippen molar-refractivity contribution >= 4 is 34.2 Å². The Kier molecular flexibility index (Phi) is 7.84. The van der Waals surface area contributed by atoms with E-state index in [4.69, 9.17) is 9.72 Å². The Bertz CT molecular complexity index is 1750. The standard InChI is InChI=1S/C32H38N10O2/c1-40-11-13-41(14-12-40)29-8-3-21(16-33-29)17-35-32-36-19-26-25(18-34-30(26)39-32)22-9-10-42-28(15-22)27(20-37-42)31(43)38-23-4-6-24(44-2)7-5-23/h3,8-10,15-16,18-20,23-24H,4-7,11-14,17H2,1-2H3,(H,38,43)(H2,34,35,36,39)/t23-,24-. The highest BCUT2D eigenvalue weighted by molar-refractivity contribution is 6.02. The van der Waals surface area contributed by atoms with Crippen molar-refractivity contribution in [1.82, 2.24) is 39.8 Å². The van der Waals surface area contributed by atoms with Crippen LogP contribution in [0.25, 0.3) is 27.7 Å². The highest BCUT2D eigenvalue weighted by Gasteiger charge is 2.24. The molecule has 1 aliphatic carbocycles. The van der Waals surface area contributed by atoms with Gasteiger partial charge in [-0.15, -0.1) is 0 Å². The van der Waals surface area contributed by atoms with Crippen LogP contribution in [0.3, 0.4) is 0 Å². The first-order chi connectivity index (χ1) is 21.5. The van der Waals surface area contributed by atoms with Gasteiger partial charge in [0.2, 0.25) is 5.95 Å². The van der Waals surface area contributed by atoms with Crippen LogP contribution in [0.5, 0.6) is 0 Å². The van der Waals surface area contributed by atoms with Crippen molar-refractivity contribution < 1.29 is 9.53 Å². The first-order valence-electron chi connectivity index (χ1n) is 15.3. The molecule has 0 atom stereocenters. The van der Waals surface area contributed by atoms with Crippen molar-refractivity contribution in [3.8, 4) is 11.1 Å². The molecule has 44 heavy (non-hydrogen) atoms. The summed E-state index contributed by atoms with van der Waals surface area (Å²) in [5, 5.41) is 11.8. The van der Waals surface area contributed by atoms with Crippen LogP contribution in [0.1, 0.15) is 41.6 Å². The Balaban J connectivity index is 1.03. The monoisotopic (exact) mass is 594 g/mol. The number of ether oxygens (including phenoxy) is 1. The number of nitrogens with one attached hydrogen (secondary N) is 3. The number of hydrogen-bond acceptors (Lipinski definition) is 9. The zero-order chi connectivity index (χ0) is 30.0. The summed E-state index contributed by atoms with van der Waals surface area (Å²) in [6.45, 7) is 4.68. The number of hydrogen-bond donors (Lipinski definition) is 3. The van der Waals surface area contributed by atoms with Gasteiger partial charge in [0.15, 0.2) is 0 Å². The number of pyridine rings is 2. The summed E-state index contributed by atoms with van der Waals surface area (Å²) in [6.07, 6.45) is 13.2. The minimum atomic E-state index is -0.0971. The largest absolute Gasteiger partial charge is 0.381 e. The molecule has 0 radical (unpaired) electrons. The maximum atomic E-state index is 13.2. The van der Waals surface area contributed by atoms with Gasteiger partial charge in [-0.2, -0.15) is 10.1 Å². The second kappa shape index (κ2) is 12.2. The molecule has 12 heteroatoms. The number of anilines is 2. The molecule has 12 nitrogen and oxygen atoms in total. The van der Waals surface area contributed by atoms with Gasteiger partial charge in [0.25, 0.3) is 5.91 Å². The number of piperazine rings is 1. The molecule has 5 aromatic rings. The van der Waals surface area contributed by atoms with Gasteiger partial charge in [0.05, 0.1) is 23.4 Å². The number of fused-ring (bicyclic) bond motifs is 2. The lowest BCUT2D eigenvalue weighted by atomic mass is 9.93. The van der Waals surface area contributed by atoms with Crippen molar-refractivity contribution in [3.63, 3.8) is 0 Å². The second-order valence-corrected chi connectivity index (χ2v) is 11.8. The lowest BCUT2D eigenvalue weighted by Crippen LogP contribution is -2.44. The number of rotatable bonds is 8. The third-order valence-corrected chi connectivity index (χ3v) is 8.94. The van der Waals surface area contributed by atoms with Gasteiger partial charge < -0.3 is 30.2 Å². The summed E-state index contributed by atoms with van der Waals surface area (Å²) < 4.78 is 7.20. The minimum absolute atomic E-state index is 0.0971. The summed E-state index contributed by atoms with van der Waals surface area (Å²) in [5.41, 5.74) is 5.04. The Morgan fingerprint density at radius 1 is 1.05 bits per heavy atom. The van der Waals surface area contributed by atoms with Gasteiger partial charge in [-0.05, 0) is 62.1 Å². The third kappa shape index (κ3) is 5.82. The van der Waals surface area contributed by atoms with Crippen LogP contribution in [-0.4, -0.2) is 92.8 Å². The van der Waals surface area contributed by atoms with Crippen molar-refractivity contribution in [3.05, 3.63) is 66.4 Å². The molecule has 1 saturated heterocycles. The fraction of sp³-hybridized carbons (Fsp3) is 0.406. The number of likely N-dealkylation sites (N-methyl/N-ethyl adjacent to an activating group) is 1. The highest BCUT2D eigenvalue weighted by atomic mass is 16.5. The fourth-order valence-corrected chi connectivity index (χ4v) is 6.19. The summed E-state index contributed by atoms with van der Waals surface area (Å²) in [4.78, 5) is 35.1. The zero-order valence-corrected chi connectivity index (χ0v) is 25.2. The Hall–Kier alpha value is -4.55. The number of carbonyl (C=O) groups is 1. The maximum absolute atomic E-state index is 13.2. The fourth-order valence-electron chi connectivity index (χ4n) is 6.19. The molecule has 1 saturated carbocycles. The lowest BCUT2D eigenvalue weighted by Gasteiger charge is -2.33. The molecule has 1 amide bonds. The van der Waals surface area contributed by atoms with Gasteiger partial charge >= 0.3 is 0 Å². The van der Waals surface area contributed by atoms with Crippen LogP contribution in [0.2, 0.25) is 0 Å². The minimum Gasteiger partial charge on any atom is -0.381 e. The molecule has 6 heterocycles. The number of methoxy groups -OCH3 is 1. The van der Waals surface area contributed by atoms with Crippen molar-refractivity contribution in [1.29, 1.82) is 0 Å². The molecular weight excluding hydrogens is 556 g/mol. The molecule has 7 rings (SSSR count). The number of amides is 1. The van der Waals surface area contributed by atoms with E-state index in [0.717, 1.165) is 90.9 Å². The van der Waals surface area contributed by atoms with Gasteiger partial charge in [-0.25, -0.2) is 14.5 Å². The molecule has 3 N–H and O–H groups in total. The van der Waals surface area contributed by atoms with E-state index in [1.54, 1.807) is 17.8 Å². The van der Waals surface area contributed by atoms with E-state index in [-0.39, 0.29) is 18.1 Å². The molecular formula is C32H38N10O2. The first-order valence-corrected chi connectivity index (χ1v) is 15.3. The van der Waals surface area contributed by atoms with E-state index < -0.39 is 0 Å². The van der Waals surface area contributed by atoms with Crippen LogP contribution in [0, 0.1) is 0 Å². The van der Waals surface area contributed by atoms with Crippen LogP contribution in [0.15, 0.2) is 55.2 Å². The zero-order valence-electron chi connectivity index (χ0n) is 25.2. The number of nitrogens with zero attached hydrogens (tertiary/aromatic N) is 7. The predicted molar refractivity (Wildman–Crippen MR) is 170 cm³/mol. The van der Waals surface area contributed by atoms with Gasteiger partial charge in [0, 0.05) is 81.6 Å². The number of H-pyrrole nitrogens is 1. The van der Waals surface area contributed by atoms with E-state index in [1.165, 1.54) is 0 Å². The quantitative estimate of drug-likeness (QED) is 0.246. The second-order valence-electron chi connectivity index (χ2n) is 11.8. The van der Waals surface area contributed by atoms with E-state index in [9.17, 15) is 4.79 Å². The predicted octanol–water partition coefficient (Wildman–Crippen LogP) is 3.72. The van der Waals surface area contributed by atoms with E-state index >= 15 is 0 Å². The third-order valence-electron chi connectivity index (χ3n) is 8.94. The number of carbonyl (C=O) groups excluding carboxylic acids is 1. The molecule has 0 unspecified atom stereocenters. The maximum Gasteiger partial charge on any atom is 0.255 e. The molecule has 0 spiro atoms. The van der Waals surface area contributed by atoms with Crippen LogP contribution >= 0.6 is 0 Å². The average Bonchev–Trinajstić information content (AvgIpc) is 3.69. The van der Waals surface area contributed by atoms with Crippen molar-refractivity contribution in [2.45, 2.75) is 44.4 Å². The molecule has 0 aromatic carbocycles. The van der Waals surface area contributed by atoms with Gasteiger partial charge in [-0.1, -0.05) is 6.07 Å². The average molecular weight is 595 g/mol. The Morgan fingerprint density at radius 2 is 1.89 bits per heavy atom.